The Morgan fingerprint density at radius 1 is 1.21 bits per heavy atom. The maximum Gasteiger partial charge on any atom is 0.287 e. The van der Waals surface area contributed by atoms with Gasteiger partial charge in [-0.15, -0.1) is 0 Å². The van der Waals surface area contributed by atoms with Gasteiger partial charge in [0, 0.05) is 60.3 Å². The van der Waals surface area contributed by atoms with E-state index in [9.17, 15) is 4.79 Å². The van der Waals surface area contributed by atoms with Crippen LogP contribution in [0.25, 0.3) is 11.4 Å². The van der Waals surface area contributed by atoms with Gasteiger partial charge in [-0.05, 0) is 68.5 Å². The molecule has 0 saturated carbocycles. The van der Waals surface area contributed by atoms with Crippen LogP contribution in [-0.4, -0.2) is 51.4 Å². The number of nitrogens with zero attached hydrogens (tertiary/aromatic N) is 4. The van der Waals surface area contributed by atoms with Gasteiger partial charge in [0.1, 0.15) is 0 Å². The molecule has 3 aliphatic rings. The molecular formula is C27H33N5O2. The van der Waals surface area contributed by atoms with Crippen LogP contribution in [0.2, 0.25) is 0 Å². The number of amides is 1. The fourth-order valence-corrected chi connectivity index (χ4v) is 5.61. The van der Waals surface area contributed by atoms with E-state index in [1.807, 2.05) is 12.1 Å². The Bertz CT molecular complexity index is 1100. The highest BCUT2D eigenvalue weighted by Gasteiger charge is 2.41. The number of pyridine rings is 1. The molecule has 1 amide bonds. The molecule has 3 aromatic heterocycles. The Hall–Kier alpha value is -3.06. The maximum atomic E-state index is 12.3. The summed E-state index contributed by atoms with van der Waals surface area (Å²) in [6.45, 7) is 7.16. The zero-order valence-electron chi connectivity index (χ0n) is 20.0. The van der Waals surface area contributed by atoms with Crippen LogP contribution in [0.5, 0.6) is 0 Å². The number of carbonyl (C=O) groups is 1. The van der Waals surface area contributed by atoms with Crippen molar-refractivity contribution in [3.05, 3.63) is 66.1 Å². The van der Waals surface area contributed by atoms with E-state index in [4.69, 9.17) is 14.4 Å². The summed E-state index contributed by atoms with van der Waals surface area (Å²) in [6.07, 6.45) is 9.51. The molecule has 178 valence electrons. The molecule has 4 atom stereocenters. The van der Waals surface area contributed by atoms with Crippen molar-refractivity contribution >= 4 is 5.91 Å². The van der Waals surface area contributed by atoms with Gasteiger partial charge in [-0.3, -0.25) is 14.7 Å². The molecule has 3 aliphatic heterocycles. The van der Waals surface area contributed by atoms with Gasteiger partial charge in [-0.2, -0.15) is 0 Å². The molecule has 6 rings (SSSR count). The predicted octanol–water partition coefficient (Wildman–Crippen LogP) is 4.64. The third kappa shape index (κ3) is 4.62. The standard InChI is InChI=1S/C27H33N5O2/c1-3-18(4-2)23-15-24(31-26(30-23)19-7-10-28-11-8-19)22-17-32-12-9-20(22)14-21(32)16-29-27(33)25-6-5-13-34-25/h5-8,10-11,13,15,18,20-22H,3-4,9,12,14,16-17H2,1-2H3,(H,29,33)/t20-,21+,22+/m0/s1. The molecule has 0 aromatic carbocycles. The number of hydrogen-bond acceptors (Lipinski definition) is 6. The quantitative estimate of drug-likeness (QED) is 0.528. The van der Waals surface area contributed by atoms with E-state index in [-0.39, 0.29) is 5.91 Å². The third-order valence-corrected chi connectivity index (χ3v) is 7.61. The number of carbonyl (C=O) groups excluding carboxylic acids is 1. The normalized spacial score (nSPS) is 23.9. The van der Waals surface area contributed by atoms with Crippen molar-refractivity contribution in [1.82, 2.24) is 25.2 Å². The molecule has 3 saturated heterocycles. The Morgan fingerprint density at radius 3 is 2.71 bits per heavy atom. The first-order chi connectivity index (χ1) is 16.7. The minimum atomic E-state index is -0.142. The molecule has 0 spiro atoms. The van der Waals surface area contributed by atoms with E-state index < -0.39 is 0 Å². The molecule has 0 radical (unpaired) electrons. The molecule has 7 heteroatoms. The van der Waals surface area contributed by atoms with Gasteiger partial charge in [0.15, 0.2) is 11.6 Å². The van der Waals surface area contributed by atoms with E-state index >= 15 is 0 Å². The lowest BCUT2D eigenvalue weighted by Crippen LogP contribution is -2.56. The molecule has 6 heterocycles. The number of furan rings is 1. The van der Waals surface area contributed by atoms with E-state index in [2.05, 4.69) is 35.1 Å². The Balaban J connectivity index is 1.36. The van der Waals surface area contributed by atoms with Crippen LogP contribution in [0, 0.1) is 5.92 Å². The van der Waals surface area contributed by atoms with E-state index in [1.165, 1.54) is 12.7 Å². The topological polar surface area (TPSA) is 84.2 Å². The average molecular weight is 460 g/mol. The summed E-state index contributed by atoms with van der Waals surface area (Å²) in [6, 6.07) is 10.0. The van der Waals surface area contributed by atoms with Crippen molar-refractivity contribution in [2.24, 2.45) is 5.92 Å². The first-order valence-electron chi connectivity index (χ1n) is 12.5. The molecule has 34 heavy (non-hydrogen) atoms. The summed E-state index contributed by atoms with van der Waals surface area (Å²) >= 11 is 0. The van der Waals surface area contributed by atoms with Crippen LogP contribution in [0.15, 0.2) is 53.4 Å². The fourth-order valence-electron chi connectivity index (χ4n) is 5.61. The van der Waals surface area contributed by atoms with Gasteiger partial charge in [-0.25, -0.2) is 9.97 Å². The summed E-state index contributed by atoms with van der Waals surface area (Å²) in [7, 11) is 0. The largest absolute Gasteiger partial charge is 0.459 e. The van der Waals surface area contributed by atoms with Crippen LogP contribution < -0.4 is 5.32 Å². The second-order valence-electron chi connectivity index (χ2n) is 9.52. The summed E-state index contributed by atoms with van der Waals surface area (Å²) in [4.78, 5) is 29.1. The van der Waals surface area contributed by atoms with E-state index in [0.29, 0.717) is 36.1 Å². The van der Waals surface area contributed by atoms with Crippen molar-refractivity contribution in [2.75, 3.05) is 19.6 Å². The molecule has 2 bridgehead atoms. The molecule has 7 nitrogen and oxygen atoms in total. The van der Waals surface area contributed by atoms with E-state index in [0.717, 1.165) is 55.1 Å². The third-order valence-electron chi connectivity index (χ3n) is 7.61. The van der Waals surface area contributed by atoms with Crippen LogP contribution >= 0.6 is 0 Å². The molecule has 1 N–H and O–H groups in total. The molecule has 3 fully saturated rings. The first-order valence-corrected chi connectivity index (χ1v) is 12.5. The summed E-state index contributed by atoms with van der Waals surface area (Å²) in [5, 5.41) is 3.06. The Morgan fingerprint density at radius 2 is 2.03 bits per heavy atom. The highest BCUT2D eigenvalue weighted by Crippen LogP contribution is 2.42. The number of aromatic nitrogens is 3. The average Bonchev–Trinajstić information content (AvgIpc) is 3.44. The van der Waals surface area contributed by atoms with Crippen molar-refractivity contribution < 1.29 is 9.21 Å². The smallest absolute Gasteiger partial charge is 0.287 e. The highest BCUT2D eigenvalue weighted by atomic mass is 16.3. The van der Waals surface area contributed by atoms with Gasteiger partial charge in [0.2, 0.25) is 0 Å². The van der Waals surface area contributed by atoms with Gasteiger partial charge >= 0.3 is 0 Å². The highest BCUT2D eigenvalue weighted by molar-refractivity contribution is 5.91. The molecule has 1 unspecified atom stereocenters. The zero-order valence-corrected chi connectivity index (χ0v) is 20.0. The number of fused-ring (bicyclic) bond motifs is 3. The van der Waals surface area contributed by atoms with Crippen LogP contribution in [-0.2, 0) is 0 Å². The van der Waals surface area contributed by atoms with E-state index in [1.54, 1.807) is 24.5 Å². The lowest BCUT2D eigenvalue weighted by Gasteiger charge is -2.49. The Kier molecular flexibility index (Phi) is 6.72. The maximum absolute atomic E-state index is 12.3. The lowest BCUT2D eigenvalue weighted by molar-refractivity contribution is 0.0288. The first kappa shape index (κ1) is 22.7. The molecular weight excluding hydrogens is 426 g/mol. The fraction of sp³-hybridized carbons (Fsp3) is 0.481. The van der Waals surface area contributed by atoms with Crippen molar-refractivity contribution in [2.45, 2.75) is 57.4 Å². The predicted molar refractivity (Wildman–Crippen MR) is 130 cm³/mol. The summed E-state index contributed by atoms with van der Waals surface area (Å²) < 4.78 is 5.22. The minimum absolute atomic E-state index is 0.142. The van der Waals surface area contributed by atoms with Gasteiger partial charge in [0.05, 0.1) is 6.26 Å². The number of piperidine rings is 3. The number of hydrogen-bond donors (Lipinski definition) is 1. The van der Waals surface area contributed by atoms with Crippen molar-refractivity contribution in [3.8, 4) is 11.4 Å². The second-order valence-corrected chi connectivity index (χ2v) is 9.52. The zero-order chi connectivity index (χ0) is 23.5. The minimum Gasteiger partial charge on any atom is -0.459 e. The molecule has 0 aliphatic carbocycles. The number of rotatable bonds is 8. The summed E-state index contributed by atoms with van der Waals surface area (Å²) in [5.41, 5.74) is 3.33. The van der Waals surface area contributed by atoms with Crippen LogP contribution in [0.4, 0.5) is 0 Å². The number of nitrogens with one attached hydrogen (secondary N) is 1. The molecule has 3 aromatic rings. The van der Waals surface area contributed by atoms with Crippen LogP contribution in [0.3, 0.4) is 0 Å². The monoisotopic (exact) mass is 459 g/mol. The van der Waals surface area contributed by atoms with Crippen LogP contribution in [0.1, 0.15) is 73.3 Å². The summed E-state index contributed by atoms with van der Waals surface area (Å²) in [5.74, 6) is 2.42. The van der Waals surface area contributed by atoms with Gasteiger partial charge in [0.25, 0.3) is 5.91 Å². The second kappa shape index (κ2) is 10.1. The van der Waals surface area contributed by atoms with Gasteiger partial charge in [-0.1, -0.05) is 13.8 Å². The SMILES string of the molecule is CCC(CC)c1cc([C@@H]2CN3CC[C@H]2C[C@@H]3CNC(=O)c2ccco2)nc(-c2ccncc2)n1. The lowest BCUT2D eigenvalue weighted by atomic mass is 9.74. The van der Waals surface area contributed by atoms with Crippen molar-refractivity contribution in [1.29, 1.82) is 0 Å². The Labute approximate surface area is 201 Å². The van der Waals surface area contributed by atoms with Gasteiger partial charge < -0.3 is 9.73 Å². The van der Waals surface area contributed by atoms with Crippen molar-refractivity contribution in [3.63, 3.8) is 0 Å².